The van der Waals surface area contributed by atoms with Crippen LogP contribution >= 0.6 is 0 Å². The molecule has 0 fully saturated rings. The van der Waals surface area contributed by atoms with Crippen molar-refractivity contribution in [3.05, 3.63) is 71.9 Å². The zero-order valence-corrected chi connectivity index (χ0v) is 16.7. The molecule has 1 aromatic carbocycles. The van der Waals surface area contributed by atoms with Crippen LogP contribution in [0.4, 0.5) is 17.2 Å². The van der Waals surface area contributed by atoms with E-state index in [2.05, 4.69) is 15.3 Å². The third-order valence-electron chi connectivity index (χ3n) is 5.43. The lowest BCUT2D eigenvalue weighted by atomic mass is 9.95. The van der Waals surface area contributed by atoms with E-state index in [1.807, 2.05) is 42.5 Å². The van der Waals surface area contributed by atoms with Crippen molar-refractivity contribution in [1.29, 1.82) is 0 Å². The highest BCUT2D eigenvalue weighted by atomic mass is 16.5. The normalized spacial score (nSPS) is 15.3. The number of pyridine rings is 1. The summed E-state index contributed by atoms with van der Waals surface area (Å²) in [6.07, 6.45) is 5.44. The summed E-state index contributed by atoms with van der Waals surface area (Å²) in [4.78, 5) is 33.7. The smallest absolute Gasteiger partial charge is 0.285 e. The minimum absolute atomic E-state index is 0.0968. The Kier molecular flexibility index (Phi) is 4.66. The summed E-state index contributed by atoms with van der Waals surface area (Å²) in [5.41, 5.74) is 10.3. The van der Waals surface area contributed by atoms with Crippen LogP contribution in [0.1, 0.15) is 28.9 Å². The summed E-state index contributed by atoms with van der Waals surface area (Å²) in [5, 5.41) is 3.44. The van der Waals surface area contributed by atoms with Crippen LogP contribution in [0.25, 0.3) is 11.3 Å². The van der Waals surface area contributed by atoms with Crippen molar-refractivity contribution in [1.82, 2.24) is 9.97 Å². The van der Waals surface area contributed by atoms with Gasteiger partial charge in [-0.1, -0.05) is 18.2 Å². The van der Waals surface area contributed by atoms with Crippen LogP contribution in [0.2, 0.25) is 0 Å². The summed E-state index contributed by atoms with van der Waals surface area (Å²) < 4.78 is 5.32. The number of anilines is 3. The number of fused-ring (bicyclic) bond motifs is 1. The maximum Gasteiger partial charge on any atom is 0.285 e. The van der Waals surface area contributed by atoms with Gasteiger partial charge >= 0.3 is 0 Å². The number of para-hydroxylation sites is 1. The summed E-state index contributed by atoms with van der Waals surface area (Å²) >= 11 is 0. The molecule has 31 heavy (non-hydrogen) atoms. The molecule has 0 saturated carbocycles. The van der Waals surface area contributed by atoms with Crippen molar-refractivity contribution in [3.63, 3.8) is 0 Å². The average Bonchev–Trinajstić information content (AvgIpc) is 3.41. The van der Waals surface area contributed by atoms with Crippen LogP contribution in [0.3, 0.4) is 0 Å². The number of amides is 1. The van der Waals surface area contributed by atoms with Crippen LogP contribution in [0.5, 0.6) is 0 Å². The number of carbonyl (C=O) groups excluding carboxylic acids is 2. The van der Waals surface area contributed by atoms with Gasteiger partial charge in [0, 0.05) is 29.6 Å². The summed E-state index contributed by atoms with van der Waals surface area (Å²) in [5.74, 6) is 0.222. The van der Waals surface area contributed by atoms with Crippen molar-refractivity contribution < 1.29 is 14.3 Å². The van der Waals surface area contributed by atoms with E-state index in [0.717, 1.165) is 46.7 Å². The summed E-state index contributed by atoms with van der Waals surface area (Å²) in [6.45, 7) is 0.156. The number of aryl methyl sites for hydroxylation is 1. The second-order valence-corrected chi connectivity index (χ2v) is 7.50. The molecular formula is C23H21N5O3. The Morgan fingerprint density at radius 2 is 2.03 bits per heavy atom. The first-order chi connectivity index (χ1) is 15.1. The predicted molar refractivity (Wildman–Crippen MR) is 117 cm³/mol. The van der Waals surface area contributed by atoms with E-state index in [4.69, 9.17) is 10.5 Å². The van der Waals surface area contributed by atoms with Gasteiger partial charge in [0.1, 0.15) is 5.82 Å². The Labute approximate surface area is 178 Å². The number of nitrogens with zero attached hydrogens (tertiary/aromatic N) is 2. The lowest BCUT2D eigenvalue weighted by molar-refractivity contribution is -0.117. The number of hydrogen-bond acceptors (Lipinski definition) is 6. The van der Waals surface area contributed by atoms with E-state index in [9.17, 15) is 9.59 Å². The molecule has 0 bridgehead atoms. The first-order valence-corrected chi connectivity index (χ1v) is 10.1. The van der Waals surface area contributed by atoms with Gasteiger partial charge in [-0.15, -0.1) is 0 Å². The zero-order valence-electron chi connectivity index (χ0n) is 16.7. The molecule has 2 aliphatic rings. The minimum Gasteiger partial charge on any atom is -0.465 e. The first-order valence-electron chi connectivity index (χ1n) is 10.1. The quantitative estimate of drug-likeness (QED) is 0.588. The maximum absolute atomic E-state index is 12.8. The molecule has 8 nitrogen and oxygen atoms in total. The molecule has 3 aromatic rings. The topological polar surface area (TPSA) is 113 Å². The van der Waals surface area contributed by atoms with E-state index in [1.165, 1.54) is 0 Å². The average molecular weight is 415 g/mol. The molecule has 0 radical (unpaired) electrons. The summed E-state index contributed by atoms with van der Waals surface area (Å²) in [6, 6.07) is 13.6. The van der Waals surface area contributed by atoms with Gasteiger partial charge in [0.05, 0.1) is 23.1 Å². The molecule has 0 spiro atoms. The highest BCUT2D eigenvalue weighted by molar-refractivity contribution is 6.07. The number of carbonyl (C=O) groups is 2. The molecule has 1 amide bonds. The maximum atomic E-state index is 12.8. The van der Waals surface area contributed by atoms with E-state index in [1.54, 1.807) is 17.3 Å². The highest BCUT2D eigenvalue weighted by Gasteiger charge is 2.27. The van der Waals surface area contributed by atoms with Crippen LogP contribution in [0.15, 0.2) is 60.6 Å². The number of Topliss-reactive ketones (excluding diaryl/α,β-unsaturated/α-hetero) is 1. The fraction of sp³-hybridized carbons (Fsp3) is 0.174. The number of primary amides is 1. The first kappa shape index (κ1) is 18.9. The van der Waals surface area contributed by atoms with E-state index in [0.29, 0.717) is 12.2 Å². The Morgan fingerprint density at radius 1 is 1.19 bits per heavy atom. The second kappa shape index (κ2) is 7.64. The van der Waals surface area contributed by atoms with Crippen molar-refractivity contribution >= 4 is 28.9 Å². The highest BCUT2D eigenvalue weighted by Crippen LogP contribution is 2.39. The lowest BCUT2D eigenvalue weighted by Crippen LogP contribution is -2.14. The van der Waals surface area contributed by atoms with Gasteiger partial charge in [0.2, 0.25) is 5.76 Å². The van der Waals surface area contributed by atoms with Crippen LogP contribution in [0, 0.1) is 0 Å². The van der Waals surface area contributed by atoms with Crippen LogP contribution in [-0.4, -0.2) is 28.4 Å². The number of nitrogens with two attached hydrogens (primary N) is 1. The second-order valence-electron chi connectivity index (χ2n) is 7.50. The largest absolute Gasteiger partial charge is 0.465 e. The van der Waals surface area contributed by atoms with Crippen molar-refractivity contribution in [2.24, 2.45) is 5.73 Å². The molecule has 4 N–H and O–H groups in total. The molecule has 1 aliphatic carbocycles. The van der Waals surface area contributed by atoms with Crippen LogP contribution < -0.4 is 16.0 Å². The summed E-state index contributed by atoms with van der Waals surface area (Å²) in [7, 11) is 0. The number of nitrogens with one attached hydrogen (secondary N) is 2. The van der Waals surface area contributed by atoms with Gasteiger partial charge in [-0.2, -0.15) is 0 Å². The fourth-order valence-electron chi connectivity index (χ4n) is 3.96. The number of ketones is 1. The Bertz CT molecular complexity index is 1200. The molecule has 0 saturated heterocycles. The van der Waals surface area contributed by atoms with Crippen molar-refractivity contribution in [3.8, 4) is 11.3 Å². The third-order valence-corrected chi connectivity index (χ3v) is 5.43. The molecule has 0 unspecified atom stereocenters. The Balaban J connectivity index is 1.58. The number of aromatic amines is 1. The number of H-pyrrole nitrogens is 1. The standard InChI is InChI=1S/C23H21N5O3/c24-23(30)18-12-28(13-31-18)19-11-14(9-10-25-19)21-22(26-15-5-2-1-3-6-15)20-16(27-21)7-4-8-17(20)29/h1-3,5-6,9-12,26-27H,4,7-8,13H2,(H2,24,30). The number of hydrogen-bond donors (Lipinski definition) is 3. The minimum atomic E-state index is -0.622. The van der Waals surface area contributed by atoms with Gasteiger partial charge in [-0.3, -0.25) is 14.5 Å². The number of aromatic nitrogens is 2. The van der Waals surface area contributed by atoms with Crippen molar-refractivity contribution in [2.75, 3.05) is 16.9 Å². The van der Waals surface area contributed by atoms with Gasteiger partial charge in [-0.25, -0.2) is 4.98 Å². The molecule has 2 aromatic heterocycles. The lowest BCUT2D eigenvalue weighted by Gasteiger charge is -2.15. The molecule has 8 heteroatoms. The molecule has 5 rings (SSSR count). The number of ether oxygens (including phenoxy) is 1. The van der Waals surface area contributed by atoms with E-state index < -0.39 is 5.91 Å². The molecule has 1 aliphatic heterocycles. The van der Waals surface area contributed by atoms with Crippen LogP contribution in [-0.2, 0) is 16.0 Å². The monoisotopic (exact) mass is 415 g/mol. The van der Waals surface area contributed by atoms with Crippen molar-refractivity contribution in [2.45, 2.75) is 19.3 Å². The van der Waals surface area contributed by atoms with Gasteiger partial charge < -0.3 is 20.8 Å². The zero-order chi connectivity index (χ0) is 21.4. The van der Waals surface area contributed by atoms with Gasteiger partial charge in [-0.05, 0) is 37.1 Å². The SMILES string of the molecule is NC(=O)C1=CN(c2cc(-c3[nH]c4c(c3Nc3ccccc3)C(=O)CCC4)ccn2)CO1. The molecule has 3 heterocycles. The van der Waals surface area contributed by atoms with E-state index >= 15 is 0 Å². The van der Waals surface area contributed by atoms with E-state index in [-0.39, 0.29) is 18.3 Å². The fourth-order valence-corrected chi connectivity index (χ4v) is 3.96. The predicted octanol–water partition coefficient (Wildman–Crippen LogP) is 3.46. The van der Waals surface area contributed by atoms with Gasteiger partial charge in [0.15, 0.2) is 12.5 Å². The number of benzene rings is 1. The Hall–Kier alpha value is -4.07. The molecule has 0 atom stereocenters. The molecule has 156 valence electrons. The Morgan fingerprint density at radius 3 is 2.81 bits per heavy atom. The van der Waals surface area contributed by atoms with Gasteiger partial charge in [0.25, 0.3) is 5.91 Å². The molecular weight excluding hydrogens is 394 g/mol. The third kappa shape index (κ3) is 3.52. The number of rotatable bonds is 5.